The third-order valence-electron chi connectivity index (χ3n) is 12.7. The first kappa shape index (κ1) is 45.3. The van der Waals surface area contributed by atoms with E-state index < -0.39 is 89.7 Å². The molecule has 0 fully saturated rings. The van der Waals surface area contributed by atoms with Crippen LogP contribution >= 0.6 is 0 Å². The van der Waals surface area contributed by atoms with E-state index in [0.717, 1.165) is 0 Å². The summed E-state index contributed by atoms with van der Waals surface area (Å²) in [5.74, 6) is -4.88. The number of benzene rings is 10. The number of aromatic nitrogens is 3. The number of hydrogen-bond acceptors (Lipinski definition) is 15. The van der Waals surface area contributed by atoms with Crippen molar-refractivity contribution < 1.29 is 59.9 Å². The Labute approximate surface area is 418 Å². The molecule has 2 N–H and O–H groups in total. The van der Waals surface area contributed by atoms with Crippen LogP contribution in [0.3, 0.4) is 0 Å². The molecule has 366 valence electrons. The zero-order valence-corrected chi connectivity index (χ0v) is 40.8. The van der Waals surface area contributed by atoms with Gasteiger partial charge in [-0.25, -0.2) is 9.97 Å². The van der Waals surface area contributed by atoms with Gasteiger partial charge in [0.05, 0.1) is 32.8 Å². The minimum Gasteiger partial charge on any atom is -0.474 e. The van der Waals surface area contributed by atoms with Gasteiger partial charge in [-0.2, -0.15) is 33.7 Å². The number of rotatable bonds is 12. The van der Waals surface area contributed by atoms with E-state index in [4.69, 9.17) is 21.7 Å². The summed E-state index contributed by atoms with van der Waals surface area (Å²) in [4.78, 5) is 10.7. The van der Waals surface area contributed by atoms with Gasteiger partial charge in [-0.05, 0) is 87.6 Å². The van der Waals surface area contributed by atoms with E-state index in [-0.39, 0.29) is 43.5 Å². The summed E-state index contributed by atoms with van der Waals surface area (Å²) < 4.78 is 157. The van der Waals surface area contributed by atoms with E-state index in [1.165, 1.54) is 36.4 Å². The molecular weight excluding hydrogens is 1030 g/mol. The average molecular weight is 1060 g/mol. The highest BCUT2D eigenvalue weighted by molar-refractivity contribution is 7.88. The van der Waals surface area contributed by atoms with Gasteiger partial charge in [0, 0.05) is 26.9 Å². The van der Waals surface area contributed by atoms with E-state index in [9.17, 15) is 21.4 Å². The van der Waals surface area contributed by atoms with Crippen molar-refractivity contribution >= 4 is 138 Å². The third-order valence-corrected chi connectivity index (χ3v) is 16.7. The predicted molar refractivity (Wildman–Crippen MR) is 277 cm³/mol. The number of para-hydroxylation sites is 4. The molecule has 3 heterocycles. The Kier molecular flexibility index (Phi) is 9.91. The van der Waals surface area contributed by atoms with Gasteiger partial charge < -0.3 is 26.7 Å². The molecule has 0 unspecified atom stereocenters. The van der Waals surface area contributed by atoms with Crippen molar-refractivity contribution in [1.82, 2.24) is 15.0 Å². The number of nitrogens with one attached hydrogen (secondary N) is 1. The zero-order chi connectivity index (χ0) is 50.9. The van der Waals surface area contributed by atoms with Gasteiger partial charge in [-0.1, -0.05) is 103 Å². The molecule has 0 atom stereocenters. The molecule has 0 bridgehead atoms. The van der Waals surface area contributed by atoms with Crippen molar-refractivity contribution in [3.8, 4) is 23.0 Å². The number of ether oxygens (including phenoxy) is 1. The monoisotopic (exact) mass is 1060 g/mol. The quantitative estimate of drug-likeness (QED) is 0.0499. The number of furan rings is 1. The molecule has 13 aromatic rings. The maximum Gasteiger partial charge on any atom is 0.373 e. The zero-order valence-electron chi connectivity index (χ0n) is 37.6. The third kappa shape index (κ3) is 7.26. The Balaban J connectivity index is 1.19. The molecule has 21 heteroatoms. The minimum absolute atomic E-state index is 0.0413. The summed E-state index contributed by atoms with van der Waals surface area (Å²) in [6, 6.07) is 43.0. The summed E-state index contributed by atoms with van der Waals surface area (Å²) in [5, 5.41) is 1.63. The van der Waals surface area contributed by atoms with Crippen LogP contribution in [0, 0.1) is 0 Å². The number of pyridine rings is 1. The Morgan fingerprint density at radius 2 is 1.03 bits per heavy atom. The number of imidazole rings is 1. The summed E-state index contributed by atoms with van der Waals surface area (Å²) in [7, 11) is -20.8. The number of H-pyrrole nitrogens is 1. The molecule has 10 aromatic carbocycles. The Bertz CT molecular complexity index is 5010. The first-order valence-electron chi connectivity index (χ1n) is 22.3. The van der Waals surface area contributed by atoms with Crippen LogP contribution in [-0.2, 0) is 40.5 Å². The maximum absolute atomic E-state index is 15.5. The summed E-state index contributed by atoms with van der Waals surface area (Å²) in [5.41, 5.74) is 1.73. The van der Waals surface area contributed by atoms with Crippen LogP contribution in [0.25, 0.3) is 97.9 Å². The second-order valence-electron chi connectivity index (χ2n) is 17.2. The first-order valence-corrected chi connectivity index (χ1v) is 28.1. The van der Waals surface area contributed by atoms with Crippen LogP contribution in [0.4, 0.5) is 0 Å². The normalized spacial score (nSPS) is 12.9. The van der Waals surface area contributed by atoms with Crippen molar-refractivity contribution in [3.63, 3.8) is 0 Å². The van der Waals surface area contributed by atoms with Gasteiger partial charge >= 0.3 is 40.5 Å². The van der Waals surface area contributed by atoms with Gasteiger partial charge in [0.25, 0.3) is 5.16 Å². The van der Waals surface area contributed by atoms with Crippen LogP contribution in [-0.4, -0.2) is 59.1 Å². The first-order chi connectivity index (χ1) is 35.5. The van der Waals surface area contributed by atoms with E-state index in [0.29, 0.717) is 48.9 Å². The lowest BCUT2D eigenvalue weighted by atomic mass is 9.88. The van der Waals surface area contributed by atoms with E-state index in [1.54, 1.807) is 127 Å². The highest BCUT2D eigenvalue weighted by atomic mass is 32.2. The molecule has 3 aromatic heterocycles. The van der Waals surface area contributed by atoms with Gasteiger partial charge in [0.15, 0.2) is 5.75 Å². The fourth-order valence-corrected chi connectivity index (χ4v) is 13.2. The van der Waals surface area contributed by atoms with Crippen LogP contribution in [0.15, 0.2) is 183 Å². The Morgan fingerprint density at radius 1 is 0.446 bits per heavy atom. The Hall–Kier alpha value is -8.60. The van der Waals surface area contributed by atoms with Crippen LogP contribution < -0.4 is 17.3 Å². The van der Waals surface area contributed by atoms with E-state index >= 15 is 16.8 Å². The summed E-state index contributed by atoms with van der Waals surface area (Å²) in [6.45, 7) is 0. The molecule has 0 aliphatic carbocycles. The largest absolute Gasteiger partial charge is 0.474 e. The molecule has 17 nitrogen and oxygen atoms in total. The highest BCUT2D eigenvalue weighted by Crippen LogP contribution is 2.58. The molecule has 0 aliphatic rings. The maximum atomic E-state index is 15.5. The minimum atomic E-state index is -5.33. The predicted octanol–water partition coefficient (Wildman–Crippen LogP) is 10.7. The smallest absolute Gasteiger partial charge is 0.373 e. The molecule has 13 rings (SSSR count). The topological polar surface area (TPSA) is 248 Å². The lowest BCUT2D eigenvalue weighted by molar-refractivity contribution is 0.355. The molecule has 0 aliphatic heterocycles. The average Bonchev–Trinajstić information content (AvgIpc) is 4.02. The number of hydrogen-bond donors (Lipinski definition) is 2. The van der Waals surface area contributed by atoms with Crippen molar-refractivity contribution in [3.05, 3.63) is 164 Å². The molecular formula is C53H31N3O14S4. The number of aromatic amines is 1. The fourth-order valence-electron chi connectivity index (χ4n) is 9.70. The van der Waals surface area contributed by atoms with Gasteiger partial charge in [0.1, 0.15) is 26.7 Å². The van der Waals surface area contributed by atoms with Crippen molar-refractivity contribution in [2.45, 2.75) is 14.9 Å². The van der Waals surface area contributed by atoms with Crippen LogP contribution in [0.5, 0.6) is 23.0 Å². The van der Waals surface area contributed by atoms with E-state index in [1.807, 2.05) is 0 Å². The van der Waals surface area contributed by atoms with Crippen molar-refractivity contribution in [2.75, 3.05) is 5.94 Å². The summed E-state index contributed by atoms with van der Waals surface area (Å²) >= 11 is 0. The Morgan fingerprint density at radius 3 is 1.84 bits per heavy atom. The highest BCUT2D eigenvalue weighted by Gasteiger charge is 2.38. The van der Waals surface area contributed by atoms with Crippen molar-refractivity contribution in [2.24, 2.45) is 0 Å². The second kappa shape index (κ2) is 16.2. The van der Waals surface area contributed by atoms with E-state index in [2.05, 4.69) is 15.0 Å². The molecule has 74 heavy (non-hydrogen) atoms. The molecule has 0 saturated heterocycles. The fraction of sp³-hybridized carbons (Fsp3) is 0.0189. The lowest BCUT2D eigenvalue weighted by Crippen LogP contribution is -2.18. The number of nitrogens with zero attached hydrogens (tertiary/aromatic N) is 2. The van der Waals surface area contributed by atoms with Gasteiger partial charge in [-0.3, -0.25) is 4.55 Å². The van der Waals surface area contributed by atoms with Gasteiger partial charge in [-0.15, -0.1) is 0 Å². The molecule has 0 amide bonds. The molecule has 0 saturated carbocycles. The standard InChI is InChI=1S/C53H31N3O14S4/c57-71(58,59)28-66-42-27-30-13-9-17-32-31-14-2-3-15-33(31)47-49(45(30)32)48(42)51(68-72(60,61)43-24-10-21-37-35(43)26-29-12-1-5-18-36(29)54-37)52(50(47)69-74(64,65)53-55-38-19-6-7-20-39(38)56-53)70-73(62,63)44-25-11-23-41-46(44)34-16-4-8-22-40(34)67-41/h1-27H,28H2,(H,55,56)(H,57,58,59). The number of fused-ring (bicyclic) bond motifs is 9. The second-order valence-corrected chi connectivity index (χ2v) is 23.1. The molecule has 0 spiro atoms. The summed E-state index contributed by atoms with van der Waals surface area (Å²) in [6.07, 6.45) is 0. The lowest BCUT2D eigenvalue weighted by Gasteiger charge is -2.24. The van der Waals surface area contributed by atoms with Gasteiger partial charge in [0.2, 0.25) is 17.4 Å². The molecule has 0 radical (unpaired) electrons. The van der Waals surface area contributed by atoms with Crippen molar-refractivity contribution in [1.29, 1.82) is 0 Å². The SMILES string of the molecule is O=S(=O)(O)COc1cc2cccc3c4ccccc4c4c(OS(=O)(=O)c5nc6ccccc6[nH]5)c(OS(=O)(=O)c5cccc6oc7ccccc7c56)c(OS(=O)(=O)c5cccc6nc7ccccc7cc56)c1c4c23. The van der Waals surface area contributed by atoms with Crippen LogP contribution in [0.2, 0.25) is 0 Å². The van der Waals surface area contributed by atoms with Crippen LogP contribution in [0.1, 0.15) is 0 Å².